The van der Waals surface area contributed by atoms with Crippen LogP contribution in [-0.2, 0) is 6.54 Å². The Labute approximate surface area is 125 Å². The number of hydrogen-bond acceptors (Lipinski definition) is 2. The molecule has 2 atom stereocenters. The number of para-hydroxylation sites is 1. The molecule has 0 amide bonds. The van der Waals surface area contributed by atoms with Crippen molar-refractivity contribution in [2.45, 2.75) is 39.7 Å². The van der Waals surface area contributed by atoms with Crippen LogP contribution in [0.25, 0.3) is 11.0 Å². The molecule has 1 aliphatic carbocycles. The lowest BCUT2D eigenvalue weighted by Gasteiger charge is -2.12. The third kappa shape index (κ3) is 2.49. The SMILES string of the molecule is CCOc1cccc2c1[nH]c(=S)n2CC1CCC(C)C1. The normalized spacial score (nSPS) is 22.5. The molecule has 1 aliphatic rings. The average Bonchev–Trinajstić information content (AvgIpc) is 2.97. The van der Waals surface area contributed by atoms with Crippen LogP contribution >= 0.6 is 12.2 Å². The Morgan fingerprint density at radius 1 is 1.40 bits per heavy atom. The molecule has 1 aromatic carbocycles. The second kappa shape index (κ2) is 5.60. The van der Waals surface area contributed by atoms with Crippen molar-refractivity contribution in [2.75, 3.05) is 6.61 Å². The molecular weight excluding hydrogens is 268 g/mol. The van der Waals surface area contributed by atoms with Crippen LogP contribution < -0.4 is 4.74 Å². The first kappa shape index (κ1) is 13.7. The molecule has 3 rings (SSSR count). The summed E-state index contributed by atoms with van der Waals surface area (Å²) in [5.41, 5.74) is 2.20. The van der Waals surface area contributed by atoms with Gasteiger partial charge in [0.15, 0.2) is 4.77 Å². The highest BCUT2D eigenvalue weighted by atomic mass is 32.1. The molecule has 4 heteroatoms. The molecule has 1 heterocycles. The summed E-state index contributed by atoms with van der Waals surface area (Å²) in [5.74, 6) is 2.51. The number of aromatic amines is 1. The Balaban J connectivity index is 1.96. The highest BCUT2D eigenvalue weighted by Gasteiger charge is 2.22. The number of fused-ring (bicyclic) bond motifs is 1. The van der Waals surface area contributed by atoms with E-state index in [9.17, 15) is 0 Å². The van der Waals surface area contributed by atoms with Crippen LogP contribution in [0.3, 0.4) is 0 Å². The van der Waals surface area contributed by atoms with Crippen molar-refractivity contribution < 1.29 is 4.74 Å². The van der Waals surface area contributed by atoms with E-state index >= 15 is 0 Å². The Hall–Kier alpha value is -1.29. The molecule has 0 aliphatic heterocycles. The summed E-state index contributed by atoms with van der Waals surface area (Å²) in [7, 11) is 0. The first-order valence-electron chi connectivity index (χ1n) is 7.53. The van der Waals surface area contributed by atoms with E-state index in [1.807, 2.05) is 19.1 Å². The van der Waals surface area contributed by atoms with Crippen molar-refractivity contribution in [3.05, 3.63) is 23.0 Å². The van der Waals surface area contributed by atoms with E-state index in [0.29, 0.717) is 6.61 Å². The van der Waals surface area contributed by atoms with Crippen LogP contribution in [0.1, 0.15) is 33.1 Å². The molecule has 2 aromatic rings. The first-order valence-corrected chi connectivity index (χ1v) is 7.94. The summed E-state index contributed by atoms with van der Waals surface area (Å²) >= 11 is 5.51. The molecule has 3 nitrogen and oxygen atoms in total. The van der Waals surface area contributed by atoms with Crippen LogP contribution in [0, 0.1) is 16.6 Å². The Kier molecular flexibility index (Phi) is 3.83. The van der Waals surface area contributed by atoms with Gasteiger partial charge in [-0.25, -0.2) is 0 Å². The monoisotopic (exact) mass is 290 g/mol. The number of ether oxygens (including phenoxy) is 1. The molecule has 108 valence electrons. The van der Waals surface area contributed by atoms with E-state index in [0.717, 1.165) is 34.4 Å². The van der Waals surface area contributed by atoms with Gasteiger partial charge in [0.1, 0.15) is 11.3 Å². The number of hydrogen-bond donors (Lipinski definition) is 1. The van der Waals surface area contributed by atoms with E-state index < -0.39 is 0 Å². The minimum absolute atomic E-state index is 0.672. The lowest BCUT2D eigenvalue weighted by molar-refractivity contribution is 0.343. The number of H-pyrrole nitrogens is 1. The fraction of sp³-hybridized carbons (Fsp3) is 0.562. The smallest absolute Gasteiger partial charge is 0.178 e. The van der Waals surface area contributed by atoms with Crippen molar-refractivity contribution >= 4 is 23.3 Å². The van der Waals surface area contributed by atoms with E-state index in [2.05, 4.69) is 22.5 Å². The van der Waals surface area contributed by atoms with E-state index in [1.165, 1.54) is 24.8 Å². The van der Waals surface area contributed by atoms with Crippen LogP contribution in [0.4, 0.5) is 0 Å². The first-order chi connectivity index (χ1) is 9.69. The van der Waals surface area contributed by atoms with Crippen molar-refractivity contribution in [2.24, 2.45) is 11.8 Å². The fourth-order valence-electron chi connectivity index (χ4n) is 3.36. The highest BCUT2D eigenvalue weighted by molar-refractivity contribution is 7.71. The third-order valence-electron chi connectivity index (χ3n) is 4.32. The number of imidazole rings is 1. The van der Waals surface area contributed by atoms with Crippen LogP contribution in [0.2, 0.25) is 0 Å². The lowest BCUT2D eigenvalue weighted by Crippen LogP contribution is -2.07. The van der Waals surface area contributed by atoms with E-state index in [1.54, 1.807) is 0 Å². The van der Waals surface area contributed by atoms with Crippen molar-refractivity contribution in [3.8, 4) is 5.75 Å². The molecule has 1 saturated carbocycles. The maximum absolute atomic E-state index is 5.68. The van der Waals surface area contributed by atoms with Gasteiger partial charge >= 0.3 is 0 Å². The largest absolute Gasteiger partial charge is 0.492 e. The topological polar surface area (TPSA) is 29.9 Å². The van der Waals surface area contributed by atoms with Crippen LogP contribution in [0.15, 0.2) is 18.2 Å². The summed E-state index contributed by atoms with van der Waals surface area (Å²) in [6.45, 7) is 6.05. The number of benzene rings is 1. The highest BCUT2D eigenvalue weighted by Crippen LogP contribution is 2.33. The Morgan fingerprint density at radius 2 is 2.25 bits per heavy atom. The minimum atomic E-state index is 0.672. The number of aromatic nitrogens is 2. The molecule has 20 heavy (non-hydrogen) atoms. The predicted octanol–water partition coefficient (Wildman–Crippen LogP) is 4.53. The fourth-order valence-corrected chi connectivity index (χ4v) is 3.63. The number of nitrogens with one attached hydrogen (secondary N) is 1. The molecule has 0 spiro atoms. The van der Waals surface area contributed by atoms with Gasteiger partial charge in [0, 0.05) is 6.54 Å². The Morgan fingerprint density at radius 3 is 2.95 bits per heavy atom. The summed E-state index contributed by atoms with van der Waals surface area (Å²) in [5, 5.41) is 0. The zero-order valence-electron chi connectivity index (χ0n) is 12.2. The predicted molar refractivity (Wildman–Crippen MR) is 84.8 cm³/mol. The zero-order valence-corrected chi connectivity index (χ0v) is 13.0. The van der Waals surface area contributed by atoms with E-state index in [4.69, 9.17) is 17.0 Å². The van der Waals surface area contributed by atoms with Gasteiger partial charge in [-0.15, -0.1) is 0 Å². The van der Waals surface area contributed by atoms with Crippen LogP contribution in [-0.4, -0.2) is 16.2 Å². The van der Waals surface area contributed by atoms with Gasteiger partial charge in [-0.3, -0.25) is 0 Å². The summed E-state index contributed by atoms with van der Waals surface area (Å²) in [4.78, 5) is 3.32. The van der Waals surface area contributed by atoms with Gasteiger partial charge in [0.05, 0.1) is 12.1 Å². The quantitative estimate of drug-likeness (QED) is 0.838. The van der Waals surface area contributed by atoms with Gasteiger partial charge in [-0.05, 0) is 56.0 Å². The average molecular weight is 290 g/mol. The minimum Gasteiger partial charge on any atom is -0.492 e. The van der Waals surface area contributed by atoms with Gasteiger partial charge in [-0.1, -0.05) is 19.4 Å². The second-order valence-corrected chi connectivity index (χ2v) is 6.29. The van der Waals surface area contributed by atoms with Gasteiger partial charge in [0.2, 0.25) is 0 Å². The molecule has 1 N–H and O–H groups in total. The van der Waals surface area contributed by atoms with Crippen molar-refractivity contribution in [1.29, 1.82) is 0 Å². The molecule has 1 fully saturated rings. The number of rotatable bonds is 4. The molecule has 1 aromatic heterocycles. The van der Waals surface area contributed by atoms with E-state index in [-0.39, 0.29) is 0 Å². The van der Waals surface area contributed by atoms with Crippen molar-refractivity contribution in [1.82, 2.24) is 9.55 Å². The maximum atomic E-state index is 5.68. The Bertz CT molecular complexity index is 658. The molecule has 0 saturated heterocycles. The number of nitrogens with zero attached hydrogens (tertiary/aromatic N) is 1. The second-order valence-electron chi connectivity index (χ2n) is 5.91. The van der Waals surface area contributed by atoms with Crippen molar-refractivity contribution in [3.63, 3.8) is 0 Å². The van der Waals surface area contributed by atoms with Gasteiger partial charge < -0.3 is 14.3 Å². The lowest BCUT2D eigenvalue weighted by atomic mass is 10.1. The maximum Gasteiger partial charge on any atom is 0.178 e. The molecule has 2 unspecified atom stereocenters. The summed E-state index contributed by atoms with van der Waals surface area (Å²) in [6.07, 6.45) is 3.99. The van der Waals surface area contributed by atoms with Gasteiger partial charge in [-0.2, -0.15) is 0 Å². The van der Waals surface area contributed by atoms with Crippen LogP contribution in [0.5, 0.6) is 5.75 Å². The molecule has 0 bridgehead atoms. The van der Waals surface area contributed by atoms with Gasteiger partial charge in [0.25, 0.3) is 0 Å². The summed E-state index contributed by atoms with van der Waals surface area (Å²) in [6, 6.07) is 6.17. The molecular formula is C16H22N2OS. The third-order valence-corrected chi connectivity index (χ3v) is 4.64. The standard InChI is InChI=1S/C16H22N2OS/c1-3-19-14-6-4-5-13-15(14)17-16(20)18(13)10-12-8-7-11(2)9-12/h4-6,11-12H,3,7-10H2,1-2H3,(H,17,20). The zero-order chi connectivity index (χ0) is 14.1. The summed E-state index contributed by atoms with van der Waals surface area (Å²) < 4.78 is 8.74. The molecule has 0 radical (unpaired) electrons.